The predicted molar refractivity (Wildman–Crippen MR) is 64.7 cm³/mol. The molecule has 1 aromatic rings. The number of fused-ring (bicyclic) bond motifs is 1. The number of ether oxygens (including phenoxy) is 2. The van der Waals surface area contributed by atoms with E-state index in [1.807, 2.05) is 12.1 Å². The Morgan fingerprint density at radius 1 is 1.40 bits per heavy atom. The quantitative estimate of drug-likeness (QED) is 0.912. The van der Waals surface area contributed by atoms with Crippen LogP contribution in [0.2, 0.25) is 0 Å². The second kappa shape index (κ2) is 5.05. The van der Waals surface area contributed by atoms with Crippen molar-refractivity contribution in [1.82, 2.24) is 0 Å². The van der Waals surface area contributed by atoms with Gasteiger partial charge in [-0.25, -0.2) is 0 Å². The highest BCUT2D eigenvalue weighted by molar-refractivity contribution is 9.10. The van der Waals surface area contributed by atoms with Crippen LogP contribution in [0, 0.1) is 0 Å². The maximum atomic E-state index is 5.96. The lowest BCUT2D eigenvalue weighted by Gasteiger charge is -2.12. The van der Waals surface area contributed by atoms with E-state index in [1.54, 1.807) is 0 Å². The molecule has 0 aliphatic carbocycles. The van der Waals surface area contributed by atoms with E-state index in [0.717, 1.165) is 28.0 Å². The number of halogens is 2. The molecule has 0 unspecified atom stereocenters. The lowest BCUT2D eigenvalue weighted by atomic mass is 10.1. The fourth-order valence-corrected chi connectivity index (χ4v) is 2.05. The molecule has 1 aliphatic heterocycles. The molecule has 0 aromatic heterocycles. The maximum absolute atomic E-state index is 5.96. The van der Waals surface area contributed by atoms with Crippen molar-refractivity contribution in [2.75, 3.05) is 6.79 Å². The van der Waals surface area contributed by atoms with Crippen molar-refractivity contribution in [3.8, 4) is 11.5 Å². The van der Waals surface area contributed by atoms with Gasteiger partial charge in [-0.05, 0) is 24.1 Å². The Labute approximate surface area is 103 Å². The van der Waals surface area contributed by atoms with Gasteiger partial charge >= 0.3 is 0 Å². The Balaban J connectivity index is 0.00000112. The van der Waals surface area contributed by atoms with Gasteiger partial charge in [0.1, 0.15) is 0 Å². The molecule has 1 aliphatic rings. The zero-order valence-corrected chi connectivity index (χ0v) is 10.7. The van der Waals surface area contributed by atoms with Crippen molar-refractivity contribution in [1.29, 1.82) is 0 Å². The Morgan fingerprint density at radius 2 is 2.00 bits per heavy atom. The van der Waals surface area contributed by atoms with Crippen molar-refractivity contribution in [2.45, 2.75) is 19.4 Å². The molecule has 84 valence electrons. The van der Waals surface area contributed by atoms with E-state index in [1.165, 1.54) is 0 Å². The molecule has 2 N–H and O–H groups in total. The topological polar surface area (TPSA) is 44.5 Å². The Kier molecular flexibility index (Phi) is 4.25. The van der Waals surface area contributed by atoms with Gasteiger partial charge in [0.15, 0.2) is 11.5 Å². The van der Waals surface area contributed by atoms with Crippen LogP contribution in [0.1, 0.15) is 24.9 Å². The molecule has 0 radical (unpaired) electrons. The van der Waals surface area contributed by atoms with Gasteiger partial charge in [-0.3, -0.25) is 0 Å². The zero-order valence-electron chi connectivity index (χ0n) is 8.33. The van der Waals surface area contributed by atoms with E-state index in [4.69, 9.17) is 15.2 Å². The lowest BCUT2D eigenvalue weighted by Crippen LogP contribution is -2.09. The summed E-state index contributed by atoms with van der Waals surface area (Å²) in [7, 11) is 0. The standard InChI is InChI=1S/C10H12BrNO2.ClH/c1-2-8(12)6-3-9-10(4-7(6)11)14-5-13-9;/h3-4,8H,2,5,12H2,1H3;1H/t8-;/m0./s1. The number of hydrogen-bond donors (Lipinski definition) is 1. The fourth-order valence-electron chi connectivity index (χ4n) is 1.44. The van der Waals surface area contributed by atoms with Gasteiger partial charge in [-0.15, -0.1) is 12.4 Å². The molecule has 0 saturated carbocycles. The SMILES string of the molecule is CC[C@H](N)c1cc2c(cc1Br)OCO2.Cl. The Bertz CT molecular complexity index is 360. The Hall–Kier alpha value is -0.450. The number of hydrogen-bond acceptors (Lipinski definition) is 3. The molecule has 0 bridgehead atoms. The monoisotopic (exact) mass is 293 g/mol. The summed E-state index contributed by atoms with van der Waals surface area (Å²) in [6.45, 7) is 2.36. The smallest absolute Gasteiger partial charge is 0.231 e. The minimum Gasteiger partial charge on any atom is -0.454 e. The number of benzene rings is 1. The molecule has 2 rings (SSSR count). The highest BCUT2D eigenvalue weighted by Crippen LogP contribution is 2.38. The van der Waals surface area contributed by atoms with Gasteiger partial charge < -0.3 is 15.2 Å². The highest BCUT2D eigenvalue weighted by Gasteiger charge is 2.18. The summed E-state index contributed by atoms with van der Waals surface area (Å²) in [5, 5.41) is 0. The molecule has 1 atom stereocenters. The van der Waals surface area contributed by atoms with Crippen LogP contribution in [0.3, 0.4) is 0 Å². The van der Waals surface area contributed by atoms with Gasteiger partial charge in [-0.1, -0.05) is 22.9 Å². The Morgan fingerprint density at radius 3 is 2.60 bits per heavy atom. The third kappa shape index (κ3) is 2.38. The van der Waals surface area contributed by atoms with Crippen molar-refractivity contribution in [3.05, 3.63) is 22.2 Å². The molecule has 0 fully saturated rings. The summed E-state index contributed by atoms with van der Waals surface area (Å²) < 4.78 is 11.5. The van der Waals surface area contributed by atoms with Crippen LogP contribution in [-0.4, -0.2) is 6.79 Å². The van der Waals surface area contributed by atoms with Crippen LogP contribution in [0.5, 0.6) is 11.5 Å². The first-order chi connectivity index (χ1) is 6.72. The lowest BCUT2D eigenvalue weighted by molar-refractivity contribution is 0.174. The van der Waals surface area contributed by atoms with Gasteiger partial charge in [-0.2, -0.15) is 0 Å². The average Bonchev–Trinajstić information content (AvgIpc) is 2.62. The average molecular weight is 295 g/mol. The maximum Gasteiger partial charge on any atom is 0.231 e. The number of nitrogens with two attached hydrogens (primary N) is 1. The molecular formula is C10H13BrClNO2. The summed E-state index contributed by atoms with van der Waals surface area (Å²) in [5.41, 5.74) is 7.03. The van der Waals surface area contributed by atoms with Gasteiger partial charge in [0, 0.05) is 10.5 Å². The van der Waals surface area contributed by atoms with Crippen LogP contribution in [0.25, 0.3) is 0 Å². The van der Waals surface area contributed by atoms with Crippen LogP contribution in [0.4, 0.5) is 0 Å². The molecular weight excluding hydrogens is 281 g/mol. The minimum absolute atomic E-state index is 0. The highest BCUT2D eigenvalue weighted by atomic mass is 79.9. The van der Waals surface area contributed by atoms with Crippen molar-refractivity contribution in [3.63, 3.8) is 0 Å². The van der Waals surface area contributed by atoms with Crippen molar-refractivity contribution < 1.29 is 9.47 Å². The fraction of sp³-hybridized carbons (Fsp3) is 0.400. The van der Waals surface area contributed by atoms with E-state index in [2.05, 4.69) is 22.9 Å². The molecule has 1 heterocycles. The van der Waals surface area contributed by atoms with Crippen LogP contribution < -0.4 is 15.2 Å². The number of rotatable bonds is 2. The second-order valence-electron chi connectivity index (χ2n) is 3.24. The third-order valence-corrected chi connectivity index (χ3v) is 3.02. The zero-order chi connectivity index (χ0) is 10.1. The van der Waals surface area contributed by atoms with Crippen molar-refractivity contribution >= 4 is 28.3 Å². The largest absolute Gasteiger partial charge is 0.454 e. The van der Waals surface area contributed by atoms with E-state index in [-0.39, 0.29) is 18.4 Å². The predicted octanol–water partition coefficient (Wildman–Crippen LogP) is 3.01. The van der Waals surface area contributed by atoms with Crippen LogP contribution in [-0.2, 0) is 0 Å². The van der Waals surface area contributed by atoms with Crippen molar-refractivity contribution in [2.24, 2.45) is 5.73 Å². The van der Waals surface area contributed by atoms with Crippen LogP contribution in [0.15, 0.2) is 16.6 Å². The molecule has 0 spiro atoms. The molecule has 3 nitrogen and oxygen atoms in total. The summed E-state index contributed by atoms with van der Waals surface area (Å²) in [4.78, 5) is 0. The van der Waals surface area contributed by atoms with E-state index < -0.39 is 0 Å². The first kappa shape index (κ1) is 12.6. The summed E-state index contributed by atoms with van der Waals surface area (Å²) >= 11 is 3.48. The molecule has 0 amide bonds. The van der Waals surface area contributed by atoms with Crippen LogP contribution >= 0.6 is 28.3 Å². The summed E-state index contributed by atoms with van der Waals surface area (Å²) in [6.07, 6.45) is 0.901. The minimum atomic E-state index is 0. The normalized spacial score (nSPS) is 14.6. The molecule has 0 saturated heterocycles. The van der Waals surface area contributed by atoms with Gasteiger partial charge in [0.05, 0.1) is 0 Å². The summed E-state index contributed by atoms with van der Waals surface area (Å²) in [5.74, 6) is 1.57. The molecule has 1 aromatic carbocycles. The summed E-state index contributed by atoms with van der Waals surface area (Å²) in [6, 6.07) is 3.90. The van der Waals surface area contributed by atoms with Gasteiger partial charge in [0.25, 0.3) is 0 Å². The third-order valence-electron chi connectivity index (χ3n) is 2.33. The van der Waals surface area contributed by atoms with E-state index in [9.17, 15) is 0 Å². The first-order valence-electron chi connectivity index (χ1n) is 4.57. The first-order valence-corrected chi connectivity index (χ1v) is 5.36. The van der Waals surface area contributed by atoms with Gasteiger partial charge in [0.2, 0.25) is 6.79 Å². The van der Waals surface area contributed by atoms with E-state index >= 15 is 0 Å². The molecule has 5 heteroatoms. The van der Waals surface area contributed by atoms with E-state index in [0.29, 0.717) is 6.79 Å². The molecule has 15 heavy (non-hydrogen) atoms. The second-order valence-corrected chi connectivity index (χ2v) is 4.10.